The molecule has 2 heterocycles. The van der Waals surface area contributed by atoms with E-state index in [9.17, 15) is 9.90 Å². The van der Waals surface area contributed by atoms with Gasteiger partial charge in [0.25, 0.3) is 0 Å². The minimum atomic E-state index is -0.593. The zero-order valence-electron chi connectivity index (χ0n) is 11.2. The Morgan fingerprint density at radius 3 is 2.67 bits per heavy atom. The quantitative estimate of drug-likeness (QED) is 0.807. The van der Waals surface area contributed by atoms with Crippen molar-refractivity contribution in [3.05, 3.63) is 0 Å². The molecule has 1 aliphatic carbocycles. The van der Waals surface area contributed by atoms with Gasteiger partial charge in [-0.25, -0.2) is 0 Å². The van der Waals surface area contributed by atoms with Crippen molar-refractivity contribution in [2.75, 3.05) is 19.6 Å². The van der Waals surface area contributed by atoms with Gasteiger partial charge in [-0.05, 0) is 39.2 Å². The molecule has 4 atom stereocenters. The standard InChI is InChI=1S/C14H24N2O2/c1-10-8-15-7-3-2-4-11(15)9-16(10)13-6-5-12(13)14(17)18/h10-13H,2-9H2,1H3,(H,17,18). The highest BCUT2D eigenvalue weighted by Gasteiger charge is 2.45. The van der Waals surface area contributed by atoms with Gasteiger partial charge in [-0.15, -0.1) is 0 Å². The number of carboxylic acids is 1. The molecule has 0 spiro atoms. The number of aliphatic carboxylic acids is 1. The number of nitrogens with zero attached hydrogens (tertiary/aromatic N) is 2. The van der Waals surface area contributed by atoms with E-state index in [2.05, 4.69) is 16.7 Å². The minimum absolute atomic E-state index is 0.109. The van der Waals surface area contributed by atoms with Gasteiger partial charge in [0.2, 0.25) is 0 Å². The van der Waals surface area contributed by atoms with Gasteiger partial charge in [-0.1, -0.05) is 6.42 Å². The van der Waals surface area contributed by atoms with Crippen LogP contribution in [0.25, 0.3) is 0 Å². The number of carbonyl (C=O) groups is 1. The van der Waals surface area contributed by atoms with E-state index in [1.165, 1.54) is 25.8 Å². The van der Waals surface area contributed by atoms with E-state index in [0.717, 1.165) is 25.9 Å². The molecule has 0 aromatic heterocycles. The monoisotopic (exact) mass is 252 g/mol. The highest BCUT2D eigenvalue weighted by molar-refractivity contribution is 5.72. The molecule has 0 aromatic rings. The smallest absolute Gasteiger partial charge is 0.308 e. The molecule has 2 saturated heterocycles. The average Bonchev–Trinajstić information content (AvgIpc) is 2.27. The number of piperidine rings is 1. The second-order valence-electron chi connectivity index (χ2n) is 6.28. The van der Waals surface area contributed by atoms with E-state index in [1.54, 1.807) is 0 Å². The lowest BCUT2D eigenvalue weighted by Crippen LogP contribution is -2.64. The van der Waals surface area contributed by atoms with Crippen molar-refractivity contribution in [3.63, 3.8) is 0 Å². The fraction of sp³-hybridized carbons (Fsp3) is 0.929. The first-order valence-corrected chi connectivity index (χ1v) is 7.39. The van der Waals surface area contributed by atoms with Crippen molar-refractivity contribution in [1.82, 2.24) is 9.80 Å². The second-order valence-corrected chi connectivity index (χ2v) is 6.28. The SMILES string of the molecule is CC1CN2CCCCC2CN1C1CCC1C(=O)O. The van der Waals surface area contributed by atoms with Gasteiger partial charge in [0.1, 0.15) is 0 Å². The first kappa shape index (κ1) is 12.4. The van der Waals surface area contributed by atoms with E-state index in [1.807, 2.05) is 0 Å². The third-order valence-electron chi connectivity index (χ3n) is 5.22. The molecule has 0 amide bonds. The lowest BCUT2D eigenvalue weighted by molar-refractivity contribution is -0.151. The molecule has 0 bridgehead atoms. The molecule has 3 fully saturated rings. The van der Waals surface area contributed by atoms with Crippen molar-refractivity contribution < 1.29 is 9.90 Å². The molecule has 102 valence electrons. The maximum atomic E-state index is 11.2. The Morgan fingerprint density at radius 2 is 2.00 bits per heavy atom. The fourth-order valence-corrected chi connectivity index (χ4v) is 4.00. The number of rotatable bonds is 2. The van der Waals surface area contributed by atoms with E-state index < -0.39 is 5.97 Å². The highest BCUT2D eigenvalue weighted by atomic mass is 16.4. The van der Waals surface area contributed by atoms with Crippen LogP contribution in [0.5, 0.6) is 0 Å². The minimum Gasteiger partial charge on any atom is -0.481 e. The lowest BCUT2D eigenvalue weighted by atomic mass is 9.77. The molecular formula is C14H24N2O2. The van der Waals surface area contributed by atoms with Gasteiger partial charge in [0.05, 0.1) is 5.92 Å². The van der Waals surface area contributed by atoms with Gasteiger partial charge in [0, 0.05) is 31.2 Å². The highest BCUT2D eigenvalue weighted by Crippen LogP contribution is 2.36. The lowest BCUT2D eigenvalue weighted by Gasteiger charge is -2.53. The summed E-state index contributed by atoms with van der Waals surface area (Å²) in [6.07, 6.45) is 5.93. The molecule has 1 N–H and O–H groups in total. The van der Waals surface area contributed by atoms with E-state index >= 15 is 0 Å². The Hall–Kier alpha value is -0.610. The van der Waals surface area contributed by atoms with Gasteiger partial charge in [-0.2, -0.15) is 0 Å². The van der Waals surface area contributed by atoms with Crippen LogP contribution in [0, 0.1) is 5.92 Å². The first-order chi connectivity index (χ1) is 8.66. The fourth-order valence-electron chi connectivity index (χ4n) is 4.00. The largest absolute Gasteiger partial charge is 0.481 e. The van der Waals surface area contributed by atoms with Crippen LogP contribution in [0.15, 0.2) is 0 Å². The van der Waals surface area contributed by atoms with Crippen molar-refractivity contribution in [2.45, 2.75) is 57.2 Å². The summed E-state index contributed by atoms with van der Waals surface area (Å²) in [5, 5.41) is 9.22. The predicted octanol–water partition coefficient (Wildman–Crippen LogP) is 1.41. The van der Waals surface area contributed by atoms with Crippen LogP contribution in [-0.4, -0.2) is 58.6 Å². The summed E-state index contributed by atoms with van der Waals surface area (Å²) in [7, 11) is 0. The van der Waals surface area contributed by atoms with Gasteiger partial charge >= 0.3 is 5.97 Å². The molecule has 4 nitrogen and oxygen atoms in total. The summed E-state index contributed by atoms with van der Waals surface area (Å²) in [4.78, 5) is 16.3. The second kappa shape index (κ2) is 4.82. The Bertz CT molecular complexity index is 334. The summed E-state index contributed by atoms with van der Waals surface area (Å²) < 4.78 is 0. The van der Waals surface area contributed by atoms with Crippen molar-refractivity contribution in [3.8, 4) is 0 Å². The topological polar surface area (TPSA) is 43.8 Å². The Labute approximate surface area is 109 Å². The summed E-state index contributed by atoms with van der Waals surface area (Å²) in [5.41, 5.74) is 0. The molecule has 4 heteroatoms. The normalized spacial score (nSPS) is 42.1. The number of carboxylic acid groups (broad SMARTS) is 1. The third kappa shape index (κ3) is 2.05. The number of piperazine rings is 1. The van der Waals surface area contributed by atoms with Crippen LogP contribution in [0.4, 0.5) is 0 Å². The zero-order valence-corrected chi connectivity index (χ0v) is 11.2. The molecule has 18 heavy (non-hydrogen) atoms. The third-order valence-corrected chi connectivity index (χ3v) is 5.22. The number of hydrogen-bond donors (Lipinski definition) is 1. The molecule has 3 rings (SSSR count). The van der Waals surface area contributed by atoms with Crippen molar-refractivity contribution in [1.29, 1.82) is 0 Å². The maximum absolute atomic E-state index is 11.2. The first-order valence-electron chi connectivity index (χ1n) is 7.39. The summed E-state index contributed by atoms with van der Waals surface area (Å²) >= 11 is 0. The number of hydrogen-bond acceptors (Lipinski definition) is 3. The molecule has 3 aliphatic rings. The summed E-state index contributed by atoms with van der Waals surface area (Å²) in [6.45, 7) is 5.74. The van der Waals surface area contributed by atoms with Gasteiger partial charge in [0.15, 0.2) is 0 Å². The Kier molecular flexibility index (Phi) is 3.32. The molecule has 4 unspecified atom stereocenters. The van der Waals surface area contributed by atoms with E-state index in [-0.39, 0.29) is 5.92 Å². The summed E-state index contributed by atoms with van der Waals surface area (Å²) in [6, 6.07) is 1.51. The van der Waals surface area contributed by atoms with E-state index in [4.69, 9.17) is 0 Å². The van der Waals surface area contributed by atoms with Crippen LogP contribution in [0.2, 0.25) is 0 Å². The Morgan fingerprint density at radius 1 is 1.17 bits per heavy atom. The number of fused-ring (bicyclic) bond motifs is 1. The average molecular weight is 252 g/mol. The van der Waals surface area contributed by atoms with Crippen molar-refractivity contribution >= 4 is 5.97 Å². The van der Waals surface area contributed by atoms with Gasteiger partial charge < -0.3 is 5.11 Å². The van der Waals surface area contributed by atoms with Crippen LogP contribution < -0.4 is 0 Å². The predicted molar refractivity (Wildman–Crippen MR) is 69.5 cm³/mol. The zero-order chi connectivity index (χ0) is 12.7. The Balaban J connectivity index is 1.67. The van der Waals surface area contributed by atoms with Crippen LogP contribution >= 0.6 is 0 Å². The van der Waals surface area contributed by atoms with Crippen molar-refractivity contribution in [2.24, 2.45) is 5.92 Å². The van der Waals surface area contributed by atoms with Crippen LogP contribution in [0.3, 0.4) is 0 Å². The molecular weight excluding hydrogens is 228 g/mol. The molecule has 0 radical (unpaired) electrons. The summed E-state index contributed by atoms with van der Waals surface area (Å²) in [5.74, 6) is -0.702. The van der Waals surface area contributed by atoms with Gasteiger partial charge in [-0.3, -0.25) is 14.6 Å². The molecule has 2 aliphatic heterocycles. The van der Waals surface area contributed by atoms with Crippen LogP contribution in [0.1, 0.15) is 39.0 Å². The maximum Gasteiger partial charge on any atom is 0.308 e. The van der Waals surface area contributed by atoms with Crippen LogP contribution in [-0.2, 0) is 4.79 Å². The molecule has 0 aromatic carbocycles. The molecule has 1 saturated carbocycles. The van der Waals surface area contributed by atoms with E-state index in [0.29, 0.717) is 18.1 Å².